The quantitative estimate of drug-likeness (QED) is 0.698. The maximum Gasteiger partial charge on any atom is 0.321 e. The second-order valence-electron chi connectivity index (χ2n) is 6.49. The minimum absolute atomic E-state index is 0.0619. The van der Waals surface area contributed by atoms with E-state index in [-0.39, 0.29) is 24.4 Å². The molecule has 0 unspecified atom stereocenters. The molecule has 1 aromatic heterocycles. The average molecular weight is 372 g/mol. The number of nitrogens with zero attached hydrogens (tertiary/aromatic N) is 1. The van der Waals surface area contributed by atoms with E-state index in [9.17, 15) is 9.59 Å². The molecule has 2 aromatic rings. The largest absolute Gasteiger partial charge is 0.355 e. The van der Waals surface area contributed by atoms with Crippen molar-refractivity contribution >= 4 is 28.4 Å². The lowest BCUT2D eigenvalue weighted by molar-refractivity contribution is -0.120. The van der Waals surface area contributed by atoms with Crippen LogP contribution in [-0.2, 0) is 17.6 Å². The molecule has 0 bridgehead atoms. The summed E-state index contributed by atoms with van der Waals surface area (Å²) in [7, 11) is 0. The van der Waals surface area contributed by atoms with E-state index < -0.39 is 0 Å². The van der Waals surface area contributed by atoms with Crippen molar-refractivity contribution in [1.29, 1.82) is 0 Å². The number of nitrogens with one attached hydrogen (secondary N) is 3. The highest BCUT2D eigenvalue weighted by molar-refractivity contribution is 7.13. The van der Waals surface area contributed by atoms with Gasteiger partial charge in [-0.1, -0.05) is 43.2 Å². The van der Waals surface area contributed by atoms with Crippen LogP contribution in [0.15, 0.2) is 35.7 Å². The van der Waals surface area contributed by atoms with Crippen LogP contribution < -0.4 is 16.0 Å². The summed E-state index contributed by atoms with van der Waals surface area (Å²) in [5.41, 5.74) is 1.87. The number of hydrogen-bond donors (Lipinski definition) is 3. The van der Waals surface area contributed by atoms with Crippen LogP contribution in [0, 0.1) is 0 Å². The van der Waals surface area contributed by atoms with E-state index >= 15 is 0 Å². The van der Waals surface area contributed by atoms with Gasteiger partial charge in [-0.05, 0) is 24.8 Å². The number of carbonyl (C=O) groups is 2. The van der Waals surface area contributed by atoms with Crippen LogP contribution in [0.4, 0.5) is 9.93 Å². The van der Waals surface area contributed by atoms with Gasteiger partial charge in [0.15, 0.2) is 5.13 Å². The zero-order valence-electron chi connectivity index (χ0n) is 14.7. The number of rotatable bonds is 7. The van der Waals surface area contributed by atoms with E-state index in [1.807, 2.05) is 35.7 Å². The third-order valence-corrected chi connectivity index (χ3v) is 5.19. The molecule has 26 heavy (non-hydrogen) atoms. The molecule has 0 spiro atoms. The fraction of sp³-hybridized carbons (Fsp3) is 0.421. The van der Waals surface area contributed by atoms with E-state index in [0.717, 1.165) is 19.3 Å². The van der Waals surface area contributed by atoms with Crippen LogP contribution in [0.5, 0.6) is 0 Å². The maximum atomic E-state index is 12.0. The van der Waals surface area contributed by atoms with Gasteiger partial charge in [0, 0.05) is 18.0 Å². The van der Waals surface area contributed by atoms with Gasteiger partial charge < -0.3 is 10.6 Å². The summed E-state index contributed by atoms with van der Waals surface area (Å²) in [5, 5.41) is 10.9. The number of thiazole rings is 1. The van der Waals surface area contributed by atoms with E-state index in [4.69, 9.17) is 0 Å². The van der Waals surface area contributed by atoms with Gasteiger partial charge in [0.05, 0.1) is 12.1 Å². The molecule has 0 radical (unpaired) electrons. The zero-order chi connectivity index (χ0) is 18.2. The van der Waals surface area contributed by atoms with Crippen LogP contribution in [0.2, 0.25) is 0 Å². The minimum atomic E-state index is -0.217. The Bertz CT molecular complexity index is 726. The fourth-order valence-electron chi connectivity index (χ4n) is 3.05. The molecule has 1 fully saturated rings. The topological polar surface area (TPSA) is 83.1 Å². The van der Waals surface area contributed by atoms with Gasteiger partial charge >= 0.3 is 6.03 Å². The molecule has 1 aliphatic carbocycles. The number of amides is 3. The lowest BCUT2D eigenvalue weighted by Gasteiger charge is -2.11. The molecule has 1 heterocycles. The van der Waals surface area contributed by atoms with Crippen LogP contribution in [0.3, 0.4) is 0 Å². The summed E-state index contributed by atoms with van der Waals surface area (Å²) in [5.74, 6) is -0.0619. The minimum Gasteiger partial charge on any atom is -0.355 e. The van der Waals surface area contributed by atoms with E-state index in [1.54, 1.807) is 0 Å². The van der Waals surface area contributed by atoms with Crippen molar-refractivity contribution in [3.8, 4) is 0 Å². The molecule has 3 N–H and O–H groups in total. The third-order valence-electron chi connectivity index (χ3n) is 4.38. The lowest BCUT2D eigenvalue weighted by atomic mass is 10.1. The highest BCUT2D eigenvalue weighted by Crippen LogP contribution is 2.19. The maximum absolute atomic E-state index is 12.0. The highest BCUT2D eigenvalue weighted by Gasteiger charge is 2.17. The van der Waals surface area contributed by atoms with Crippen molar-refractivity contribution < 1.29 is 9.59 Å². The number of aromatic nitrogens is 1. The number of benzene rings is 1. The van der Waals surface area contributed by atoms with Gasteiger partial charge in [-0.3, -0.25) is 10.1 Å². The molecule has 3 amide bonds. The smallest absolute Gasteiger partial charge is 0.321 e. The number of urea groups is 1. The Labute approximate surface area is 157 Å². The summed E-state index contributed by atoms with van der Waals surface area (Å²) < 4.78 is 0. The first kappa shape index (κ1) is 18.4. The van der Waals surface area contributed by atoms with Gasteiger partial charge in [-0.25, -0.2) is 9.78 Å². The molecule has 7 heteroatoms. The number of carbonyl (C=O) groups excluding carboxylic acids is 2. The summed E-state index contributed by atoms with van der Waals surface area (Å²) in [4.78, 5) is 28.3. The summed E-state index contributed by atoms with van der Waals surface area (Å²) in [6, 6.07) is 10.1. The van der Waals surface area contributed by atoms with Crippen molar-refractivity contribution in [2.45, 2.75) is 44.6 Å². The first-order valence-corrected chi connectivity index (χ1v) is 9.89. The lowest BCUT2D eigenvalue weighted by Crippen LogP contribution is -2.36. The molecule has 1 saturated carbocycles. The van der Waals surface area contributed by atoms with Crippen LogP contribution in [0.1, 0.15) is 36.9 Å². The standard InChI is InChI=1S/C19H24N4O2S/c24-17(20-11-10-14-6-2-1-3-7-14)12-16-13-26-19(22-16)23-18(25)21-15-8-4-5-9-15/h1-3,6-7,13,15H,4-5,8-12H2,(H,20,24)(H2,21,22,23,25). The summed E-state index contributed by atoms with van der Waals surface area (Å²) in [6.07, 6.45) is 5.45. The zero-order valence-corrected chi connectivity index (χ0v) is 15.5. The van der Waals surface area contributed by atoms with E-state index in [1.165, 1.54) is 29.7 Å². The Hall–Kier alpha value is -2.41. The van der Waals surface area contributed by atoms with Gasteiger partial charge in [0.1, 0.15) is 0 Å². The Morgan fingerprint density at radius 3 is 2.69 bits per heavy atom. The van der Waals surface area contributed by atoms with Crippen LogP contribution >= 0.6 is 11.3 Å². The monoisotopic (exact) mass is 372 g/mol. The van der Waals surface area contributed by atoms with E-state index in [0.29, 0.717) is 17.4 Å². The van der Waals surface area contributed by atoms with Crippen molar-refractivity contribution in [3.05, 3.63) is 47.0 Å². The van der Waals surface area contributed by atoms with Crippen molar-refractivity contribution in [3.63, 3.8) is 0 Å². The SMILES string of the molecule is O=C(Cc1csc(NC(=O)NC2CCCC2)n1)NCCc1ccccc1. The predicted octanol–water partition coefficient (Wildman–Crippen LogP) is 3.11. The van der Waals surface area contributed by atoms with Crippen LogP contribution in [0.25, 0.3) is 0 Å². The highest BCUT2D eigenvalue weighted by atomic mass is 32.1. The molecule has 0 atom stereocenters. The second-order valence-corrected chi connectivity index (χ2v) is 7.34. The second kappa shape index (κ2) is 9.33. The first-order chi connectivity index (χ1) is 12.7. The Kier molecular flexibility index (Phi) is 6.60. The number of anilines is 1. The van der Waals surface area contributed by atoms with Crippen molar-refractivity contribution in [1.82, 2.24) is 15.6 Å². The third kappa shape index (κ3) is 5.84. The Morgan fingerprint density at radius 2 is 1.92 bits per heavy atom. The summed E-state index contributed by atoms with van der Waals surface area (Å²) in [6.45, 7) is 0.599. The van der Waals surface area contributed by atoms with Crippen molar-refractivity contribution in [2.75, 3.05) is 11.9 Å². The molecule has 6 nitrogen and oxygen atoms in total. The van der Waals surface area contributed by atoms with Crippen LogP contribution in [-0.4, -0.2) is 29.5 Å². The molecule has 0 aliphatic heterocycles. The van der Waals surface area contributed by atoms with Gasteiger partial charge in [-0.15, -0.1) is 11.3 Å². The van der Waals surface area contributed by atoms with Gasteiger partial charge in [-0.2, -0.15) is 0 Å². The number of hydrogen-bond acceptors (Lipinski definition) is 4. The van der Waals surface area contributed by atoms with E-state index in [2.05, 4.69) is 20.9 Å². The average Bonchev–Trinajstić information content (AvgIpc) is 3.28. The molecular formula is C19H24N4O2S. The Morgan fingerprint density at radius 1 is 1.15 bits per heavy atom. The predicted molar refractivity (Wildman–Crippen MR) is 103 cm³/mol. The molecule has 0 saturated heterocycles. The first-order valence-electron chi connectivity index (χ1n) is 9.01. The fourth-order valence-corrected chi connectivity index (χ4v) is 3.76. The normalized spacial score (nSPS) is 14.2. The van der Waals surface area contributed by atoms with Gasteiger partial charge in [0.2, 0.25) is 5.91 Å². The molecular weight excluding hydrogens is 348 g/mol. The molecule has 3 rings (SSSR count). The Balaban J connectivity index is 1.38. The molecule has 1 aliphatic rings. The molecule has 1 aromatic carbocycles. The van der Waals surface area contributed by atoms with Crippen molar-refractivity contribution in [2.24, 2.45) is 0 Å². The summed E-state index contributed by atoms with van der Waals surface area (Å²) >= 11 is 1.34. The molecule has 138 valence electrons. The van der Waals surface area contributed by atoms with Gasteiger partial charge in [0.25, 0.3) is 0 Å².